The first-order chi connectivity index (χ1) is 9.95. The third-order valence-corrected chi connectivity index (χ3v) is 3.51. The Kier molecular flexibility index (Phi) is 4.50. The van der Waals surface area contributed by atoms with E-state index in [-0.39, 0.29) is 17.9 Å². The number of nitriles is 1. The second-order valence-corrected chi connectivity index (χ2v) is 5.00. The number of benzene rings is 1. The van der Waals surface area contributed by atoms with Gasteiger partial charge in [0.15, 0.2) is 0 Å². The van der Waals surface area contributed by atoms with Gasteiger partial charge in [0.25, 0.3) is 0 Å². The fraction of sp³-hybridized carbons (Fsp3) is 0.214. The Morgan fingerprint density at radius 1 is 1.33 bits per heavy atom. The first kappa shape index (κ1) is 15.4. The van der Waals surface area contributed by atoms with Crippen LogP contribution < -0.4 is 10.5 Å². The van der Waals surface area contributed by atoms with Crippen molar-refractivity contribution in [3.05, 3.63) is 51.7 Å². The predicted octanol–water partition coefficient (Wildman–Crippen LogP) is 3.72. The van der Waals surface area contributed by atoms with Crippen LogP contribution in [-0.2, 0) is 6.18 Å². The second kappa shape index (κ2) is 6.16. The van der Waals surface area contributed by atoms with Gasteiger partial charge in [0, 0.05) is 12.1 Å². The van der Waals surface area contributed by atoms with Gasteiger partial charge < -0.3 is 10.5 Å². The Morgan fingerprint density at radius 3 is 2.62 bits per heavy atom. The van der Waals surface area contributed by atoms with Crippen molar-refractivity contribution in [3.8, 4) is 11.8 Å². The van der Waals surface area contributed by atoms with Crippen LogP contribution >= 0.6 is 11.3 Å². The number of nitrogens with two attached hydrogens (primary N) is 1. The van der Waals surface area contributed by atoms with Crippen molar-refractivity contribution in [1.29, 1.82) is 5.26 Å². The predicted molar refractivity (Wildman–Crippen MR) is 72.9 cm³/mol. The Labute approximate surface area is 123 Å². The number of halogens is 3. The van der Waals surface area contributed by atoms with Crippen LogP contribution in [0.5, 0.6) is 5.75 Å². The first-order valence-corrected chi connectivity index (χ1v) is 6.90. The number of alkyl halides is 3. The van der Waals surface area contributed by atoms with Gasteiger partial charge in [-0.3, -0.25) is 0 Å². The standard InChI is InChI=1S/C14H11F3N2OS/c15-14(16,17)11-5-9(6-18)1-2-12(11)20-13(7-19)10-3-4-21-8-10/h1-5,8,13H,7,19H2. The zero-order valence-corrected chi connectivity index (χ0v) is 11.5. The number of ether oxygens (including phenoxy) is 1. The molecule has 0 bridgehead atoms. The summed E-state index contributed by atoms with van der Waals surface area (Å²) in [6, 6.07) is 6.64. The fourth-order valence-electron chi connectivity index (χ4n) is 1.79. The molecule has 3 nitrogen and oxygen atoms in total. The van der Waals surface area contributed by atoms with E-state index in [4.69, 9.17) is 15.7 Å². The topological polar surface area (TPSA) is 59.0 Å². The molecule has 7 heteroatoms. The van der Waals surface area contributed by atoms with E-state index in [1.165, 1.54) is 17.4 Å². The highest BCUT2D eigenvalue weighted by Crippen LogP contribution is 2.38. The number of hydrogen-bond donors (Lipinski definition) is 1. The Bertz CT molecular complexity index is 647. The molecular formula is C14H11F3N2OS. The summed E-state index contributed by atoms with van der Waals surface area (Å²) in [5.74, 6) is -0.330. The van der Waals surface area contributed by atoms with Gasteiger partial charge >= 0.3 is 6.18 Å². The summed E-state index contributed by atoms with van der Waals surface area (Å²) in [6.07, 6.45) is -5.26. The first-order valence-electron chi connectivity index (χ1n) is 5.96. The summed E-state index contributed by atoms with van der Waals surface area (Å²) >= 11 is 1.41. The van der Waals surface area contributed by atoms with E-state index < -0.39 is 17.8 Å². The molecule has 0 aliphatic heterocycles. The van der Waals surface area contributed by atoms with Gasteiger partial charge in [0.1, 0.15) is 11.9 Å². The zero-order valence-electron chi connectivity index (χ0n) is 10.7. The summed E-state index contributed by atoms with van der Waals surface area (Å²) in [4.78, 5) is 0. The van der Waals surface area contributed by atoms with Gasteiger partial charge in [0.2, 0.25) is 0 Å². The highest BCUT2D eigenvalue weighted by molar-refractivity contribution is 7.07. The maximum Gasteiger partial charge on any atom is 0.420 e. The molecule has 0 aliphatic carbocycles. The molecule has 0 saturated heterocycles. The molecule has 2 rings (SSSR count). The number of nitrogens with zero attached hydrogens (tertiary/aromatic N) is 1. The number of thiophene rings is 1. The third kappa shape index (κ3) is 3.54. The number of hydrogen-bond acceptors (Lipinski definition) is 4. The minimum Gasteiger partial charge on any atom is -0.484 e. The lowest BCUT2D eigenvalue weighted by atomic mass is 10.1. The van der Waals surface area contributed by atoms with E-state index in [0.29, 0.717) is 0 Å². The molecule has 21 heavy (non-hydrogen) atoms. The summed E-state index contributed by atoms with van der Waals surface area (Å²) < 4.78 is 44.5. The monoisotopic (exact) mass is 312 g/mol. The molecular weight excluding hydrogens is 301 g/mol. The molecule has 0 spiro atoms. The lowest BCUT2D eigenvalue weighted by Crippen LogP contribution is -2.19. The fourth-order valence-corrected chi connectivity index (χ4v) is 2.49. The molecule has 110 valence electrons. The molecule has 1 heterocycles. The summed E-state index contributed by atoms with van der Waals surface area (Å²) in [5.41, 5.74) is 5.24. The van der Waals surface area contributed by atoms with Gasteiger partial charge in [0.05, 0.1) is 17.2 Å². The van der Waals surface area contributed by atoms with Crippen molar-refractivity contribution < 1.29 is 17.9 Å². The third-order valence-electron chi connectivity index (χ3n) is 2.81. The smallest absolute Gasteiger partial charge is 0.420 e. The molecule has 0 radical (unpaired) electrons. The van der Waals surface area contributed by atoms with Crippen LogP contribution in [0.4, 0.5) is 13.2 Å². The molecule has 2 N–H and O–H groups in total. The lowest BCUT2D eigenvalue weighted by molar-refractivity contribution is -0.139. The highest BCUT2D eigenvalue weighted by atomic mass is 32.1. The second-order valence-electron chi connectivity index (χ2n) is 4.22. The van der Waals surface area contributed by atoms with Crippen LogP contribution in [0.15, 0.2) is 35.0 Å². The molecule has 0 fully saturated rings. The molecule has 1 atom stereocenters. The minimum atomic E-state index is -4.60. The van der Waals surface area contributed by atoms with Crippen LogP contribution in [0.25, 0.3) is 0 Å². The Morgan fingerprint density at radius 2 is 2.10 bits per heavy atom. The zero-order chi connectivity index (χ0) is 15.5. The molecule has 1 unspecified atom stereocenters. The Balaban J connectivity index is 2.37. The Hall–Kier alpha value is -2.04. The van der Waals surface area contributed by atoms with Gasteiger partial charge in [-0.2, -0.15) is 29.8 Å². The van der Waals surface area contributed by atoms with Crippen LogP contribution in [0, 0.1) is 11.3 Å². The van der Waals surface area contributed by atoms with E-state index >= 15 is 0 Å². The van der Waals surface area contributed by atoms with Gasteiger partial charge in [-0.15, -0.1) is 0 Å². The SMILES string of the molecule is N#Cc1ccc(OC(CN)c2ccsc2)c(C(F)(F)F)c1. The molecule has 0 saturated carbocycles. The minimum absolute atomic E-state index is 0.0496. The quantitative estimate of drug-likeness (QED) is 0.936. The van der Waals surface area contributed by atoms with Gasteiger partial charge in [-0.25, -0.2) is 0 Å². The maximum atomic E-state index is 13.0. The van der Waals surface area contributed by atoms with Gasteiger partial charge in [-0.05, 0) is 35.0 Å². The van der Waals surface area contributed by atoms with E-state index in [9.17, 15) is 13.2 Å². The normalized spacial score (nSPS) is 12.7. The van der Waals surface area contributed by atoms with Crippen molar-refractivity contribution >= 4 is 11.3 Å². The van der Waals surface area contributed by atoms with Crippen LogP contribution in [0.2, 0.25) is 0 Å². The van der Waals surface area contributed by atoms with E-state index in [2.05, 4.69) is 0 Å². The van der Waals surface area contributed by atoms with Crippen LogP contribution in [0.3, 0.4) is 0 Å². The van der Waals surface area contributed by atoms with Crippen molar-refractivity contribution in [2.24, 2.45) is 5.73 Å². The summed E-state index contributed by atoms with van der Waals surface area (Å²) in [7, 11) is 0. The average Bonchev–Trinajstić information content (AvgIpc) is 2.97. The lowest BCUT2D eigenvalue weighted by Gasteiger charge is -2.20. The summed E-state index contributed by atoms with van der Waals surface area (Å²) in [6.45, 7) is 0.0496. The van der Waals surface area contributed by atoms with Crippen LogP contribution in [-0.4, -0.2) is 6.54 Å². The molecule has 1 aromatic heterocycles. The molecule has 2 aromatic rings. The summed E-state index contributed by atoms with van der Waals surface area (Å²) in [5, 5.41) is 12.3. The molecule has 1 aromatic carbocycles. The molecule has 0 aliphatic rings. The van der Waals surface area contributed by atoms with E-state index in [1.54, 1.807) is 22.9 Å². The highest BCUT2D eigenvalue weighted by Gasteiger charge is 2.35. The van der Waals surface area contributed by atoms with Crippen molar-refractivity contribution in [1.82, 2.24) is 0 Å². The van der Waals surface area contributed by atoms with Crippen LogP contribution in [0.1, 0.15) is 22.8 Å². The number of rotatable bonds is 4. The van der Waals surface area contributed by atoms with E-state index in [1.807, 2.05) is 0 Å². The van der Waals surface area contributed by atoms with Crippen molar-refractivity contribution in [2.75, 3.05) is 6.54 Å². The van der Waals surface area contributed by atoms with E-state index in [0.717, 1.165) is 17.7 Å². The molecule has 0 amide bonds. The van der Waals surface area contributed by atoms with Gasteiger partial charge in [-0.1, -0.05) is 0 Å². The largest absolute Gasteiger partial charge is 0.484 e. The van der Waals surface area contributed by atoms with Crippen molar-refractivity contribution in [3.63, 3.8) is 0 Å². The van der Waals surface area contributed by atoms with Crippen molar-refractivity contribution in [2.45, 2.75) is 12.3 Å². The maximum absolute atomic E-state index is 13.0. The average molecular weight is 312 g/mol.